The molecule has 0 aliphatic heterocycles. The van der Waals surface area contributed by atoms with E-state index in [0.717, 1.165) is 32.0 Å². The highest BCUT2D eigenvalue weighted by Crippen LogP contribution is 2.29. The van der Waals surface area contributed by atoms with Gasteiger partial charge in [0.05, 0.1) is 0 Å². The Bertz CT molecular complexity index is 997. The number of hydrogen-bond donors (Lipinski definition) is 1. The molecule has 0 radical (unpaired) electrons. The maximum atomic E-state index is 11.5. The van der Waals surface area contributed by atoms with Crippen molar-refractivity contribution in [1.29, 1.82) is 0 Å². The van der Waals surface area contributed by atoms with Gasteiger partial charge in [0.1, 0.15) is 5.75 Å². The standard InChI is InChI=1S/C18H12O2/c19-14-6-4-11-10-17-12(8-13(11)9-14)5-7-16-15(17)2-1-3-18(16)20/h1-5,7-10,20H,6H2. The number of phenols is 1. The second kappa shape index (κ2) is 3.94. The molecule has 0 spiro atoms. The van der Waals surface area contributed by atoms with Crippen LogP contribution in [0, 0.1) is 0 Å². The molecule has 0 atom stereocenters. The first-order valence-electron chi connectivity index (χ1n) is 6.61. The molecule has 1 N–H and O–H groups in total. The SMILES string of the molecule is O=C1C=c2cc3ccc4c(O)cccc4c3cc2=CC1. The van der Waals surface area contributed by atoms with Crippen LogP contribution in [0.25, 0.3) is 33.7 Å². The van der Waals surface area contributed by atoms with E-state index in [-0.39, 0.29) is 5.78 Å². The van der Waals surface area contributed by atoms with E-state index in [2.05, 4.69) is 6.07 Å². The predicted molar refractivity (Wildman–Crippen MR) is 80.9 cm³/mol. The van der Waals surface area contributed by atoms with Crippen LogP contribution in [0.1, 0.15) is 6.42 Å². The number of aromatic hydroxyl groups is 1. The lowest BCUT2D eigenvalue weighted by Gasteiger charge is -2.07. The molecule has 0 aromatic heterocycles. The van der Waals surface area contributed by atoms with E-state index >= 15 is 0 Å². The molecular formula is C18H12O2. The van der Waals surface area contributed by atoms with Crippen molar-refractivity contribution >= 4 is 39.5 Å². The molecule has 3 aromatic rings. The summed E-state index contributed by atoms with van der Waals surface area (Å²) in [7, 11) is 0. The van der Waals surface area contributed by atoms with Crippen LogP contribution in [0.4, 0.5) is 0 Å². The van der Waals surface area contributed by atoms with E-state index < -0.39 is 0 Å². The van der Waals surface area contributed by atoms with Gasteiger partial charge in [-0.1, -0.05) is 30.3 Å². The van der Waals surface area contributed by atoms with Crippen LogP contribution in [0.2, 0.25) is 0 Å². The van der Waals surface area contributed by atoms with Gasteiger partial charge in [0.25, 0.3) is 0 Å². The molecule has 20 heavy (non-hydrogen) atoms. The van der Waals surface area contributed by atoms with Crippen molar-refractivity contribution in [2.24, 2.45) is 0 Å². The number of hydrogen-bond acceptors (Lipinski definition) is 2. The van der Waals surface area contributed by atoms with Crippen molar-refractivity contribution in [3.63, 3.8) is 0 Å². The van der Waals surface area contributed by atoms with Crippen molar-refractivity contribution in [3.8, 4) is 5.75 Å². The van der Waals surface area contributed by atoms with Crippen LogP contribution in [-0.2, 0) is 4.79 Å². The Kier molecular flexibility index (Phi) is 2.21. The maximum absolute atomic E-state index is 11.5. The third-order valence-electron chi connectivity index (χ3n) is 3.90. The van der Waals surface area contributed by atoms with Gasteiger partial charge in [0.2, 0.25) is 0 Å². The first kappa shape index (κ1) is 11.2. The summed E-state index contributed by atoms with van der Waals surface area (Å²) in [6, 6.07) is 13.6. The van der Waals surface area contributed by atoms with Crippen LogP contribution >= 0.6 is 0 Å². The number of fused-ring (bicyclic) bond motifs is 4. The van der Waals surface area contributed by atoms with E-state index in [0.29, 0.717) is 12.2 Å². The van der Waals surface area contributed by atoms with Crippen LogP contribution in [0.15, 0.2) is 42.5 Å². The predicted octanol–water partition coefficient (Wildman–Crippen LogP) is 2.23. The van der Waals surface area contributed by atoms with Gasteiger partial charge in [-0.05, 0) is 50.9 Å². The number of ketones is 1. The minimum Gasteiger partial charge on any atom is -0.507 e. The molecule has 1 aliphatic carbocycles. The first-order chi connectivity index (χ1) is 9.72. The number of phenolic OH excluding ortho intramolecular Hbond substituents is 1. The Hall–Kier alpha value is -2.61. The zero-order valence-electron chi connectivity index (χ0n) is 10.8. The summed E-state index contributed by atoms with van der Waals surface area (Å²) in [4.78, 5) is 11.5. The largest absolute Gasteiger partial charge is 0.507 e. The fourth-order valence-electron chi connectivity index (χ4n) is 2.90. The topological polar surface area (TPSA) is 37.3 Å². The van der Waals surface area contributed by atoms with Gasteiger partial charge in [-0.2, -0.15) is 0 Å². The zero-order valence-corrected chi connectivity index (χ0v) is 10.8. The van der Waals surface area contributed by atoms with Crippen molar-refractivity contribution in [2.75, 3.05) is 0 Å². The molecule has 1 aliphatic rings. The quantitative estimate of drug-likeness (QED) is 0.629. The van der Waals surface area contributed by atoms with E-state index in [1.54, 1.807) is 12.1 Å². The average molecular weight is 260 g/mol. The lowest BCUT2D eigenvalue weighted by atomic mass is 9.97. The molecule has 0 unspecified atom stereocenters. The maximum Gasteiger partial charge on any atom is 0.160 e. The van der Waals surface area contributed by atoms with Gasteiger partial charge in [-0.25, -0.2) is 0 Å². The smallest absolute Gasteiger partial charge is 0.160 e. The molecule has 0 bridgehead atoms. The van der Waals surface area contributed by atoms with E-state index in [4.69, 9.17) is 0 Å². The minimum absolute atomic E-state index is 0.148. The van der Waals surface area contributed by atoms with Crippen molar-refractivity contribution in [3.05, 3.63) is 52.9 Å². The monoisotopic (exact) mass is 260 g/mol. The Balaban J connectivity index is 2.23. The Labute approximate surface area is 115 Å². The number of benzene rings is 3. The molecule has 3 aromatic carbocycles. The third-order valence-corrected chi connectivity index (χ3v) is 3.90. The fourth-order valence-corrected chi connectivity index (χ4v) is 2.90. The van der Waals surface area contributed by atoms with Crippen LogP contribution < -0.4 is 10.4 Å². The highest BCUT2D eigenvalue weighted by molar-refractivity contribution is 6.12. The molecule has 0 heterocycles. The summed E-state index contributed by atoms with van der Waals surface area (Å²) in [6.07, 6.45) is 4.15. The molecule has 2 heteroatoms. The van der Waals surface area contributed by atoms with Gasteiger partial charge in [-0.3, -0.25) is 4.79 Å². The van der Waals surface area contributed by atoms with Gasteiger partial charge >= 0.3 is 0 Å². The number of carbonyl (C=O) groups excluding carboxylic acids is 1. The van der Waals surface area contributed by atoms with Crippen LogP contribution in [-0.4, -0.2) is 10.9 Å². The Morgan fingerprint density at radius 3 is 2.70 bits per heavy atom. The molecule has 0 fully saturated rings. The van der Waals surface area contributed by atoms with Crippen LogP contribution in [0.3, 0.4) is 0 Å². The second-order valence-corrected chi connectivity index (χ2v) is 5.16. The highest BCUT2D eigenvalue weighted by atomic mass is 16.3. The van der Waals surface area contributed by atoms with Gasteiger partial charge in [0, 0.05) is 11.8 Å². The highest BCUT2D eigenvalue weighted by Gasteiger charge is 2.06. The van der Waals surface area contributed by atoms with E-state index in [1.165, 1.54) is 0 Å². The van der Waals surface area contributed by atoms with Gasteiger partial charge in [-0.15, -0.1) is 0 Å². The molecule has 0 saturated heterocycles. The molecule has 2 nitrogen and oxygen atoms in total. The van der Waals surface area contributed by atoms with Gasteiger partial charge < -0.3 is 5.11 Å². The average Bonchev–Trinajstić information content (AvgIpc) is 2.45. The Morgan fingerprint density at radius 2 is 1.80 bits per heavy atom. The van der Waals surface area contributed by atoms with Crippen LogP contribution in [0.5, 0.6) is 5.75 Å². The third kappa shape index (κ3) is 1.55. The lowest BCUT2D eigenvalue weighted by molar-refractivity contribution is -0.112. The molecular weight excluding hydrogens is 248 g/mol. The lowest BCUT2D eigenvalue weighted by Crippen LogP contribution is -2.28. The van der Waals surface area contributed by atoms with E-state index in [1.807, 2.05) is 36.4 Å². The Morgan fingerprint density at radius 1 is 0.900 bits per heavy atom. The van der Waals surface area contributed by atoms with Gasteiger partial charge in [0.15, 0.2) is 5.78 Å². The number of carbonyl (C=O) groups is 1. The normalized spacial score (nSPS) is 13.9. The number of rotatable bonds is 0. The molecule has 0 amide bonds. The second-order valence-electron chi connectivity index (χ2n) is 5.16. The van der Waals surface area contributed by atoms with Crippen molar-refractivity contribution in [1.82, 2.24) is 0 Å². The summed E-state index contributed by atoms with van der Waals surface area (Å²) in [5, 5.41) is 16.1. The summed E-state index contributed by atoms with van der Waals surface area (Å²) in [5.74, 6) is 0.447. The molecule has 0 saturated carbocycles. The fraction of sp³-hybridized carbons (Fsp3) is 0.0556. The zero-order chi connectivity index (χ0) is 13.7. The minimum atomic E-state index is 0.148. The summed E-state index contributed by atoms with van der Waals surface area (Å²) in [6.45, 7) is 0. The van der Waals surface area contributed by atoms with E-state index in [9.17, 15) is 9.90 Å². The first-order valence-corrected chi connectivity index (χ1v) is 6.61. The summed E-state index contributed by atoms with van der Waals surface area (Å²) < 4.78 is 0. The summed E-state index contributed by atoms with van der Waals surface area (Å²) >= 11 is 0. The summed E-state index contributed by atoms with van der Waals surface area (Å²) in [5.41, 5.74) is 0. The molecule has 96 valence electrons. The molecule has 4 rings (SSSR count). The number of Topliss-reactive ketones (excluding diaryl/α,β-unsaturated/α-hetero) is 1. The van der Waals surface area contributed by atoms with Crippen molar-refractivity contribution < 1.29 is 9.90 Å². The van der Waals surface area contributed by atoms with Crippen molar-refractivity contribution in [2.45, 2.75) is 6.42 Å².